The van der Waals surface area contributed by atoms with E-state index in [2.05, 4.69) is 27.0 Å². The summed E-state index contributed by atoms with van der Waals surface area (Å²) in [5.41, 5.74) is 1.92. The summed E-state index contributed by atoms with van der Waals surface area (Å²) in [5, 5.41) is 6.88. The summed E-state index contributed by atoms with van der Waals surface area (Å²) in [6.07, 6.45) is 2.38. The van der Waals surface area contributed by atoms with Gasteiger partial charge in [-0.05, 0) is 18.8 Å². The molecule has 7 nitrogen and oxygen atoms in total. The van der Waals surface area contributed by atoms with E-state index in [0.717, 1.165) is 16.3 Å². The van der Waals surface area contributed by atoms with Crippen molar-refractivity contribution in [3.05, 3.63) is 68.4 Å². The third-order valence-electron chi connectivity index (χ3n) is 3.85. The van der Waals surface area contributed by atoms with Gasteiger partial charge in [0.1, 0.15) is 0 Å². The van der Waals surface area contributed by atoms with Gasteiger partial charge in [-0.15, -0.1) is 11.3 Å². The van der Waals surface area contributed by atoms with Crippen LogP contribution in [0.1, 0.15) is 34.9 Å². The molecule has 0 atom stereocenters. The molecule has 8 heteroatoms. The molecule has 0 aliphatic heterocycles. The Morgan fingerprint density at radius 3 is 2.89 bits per heavy atom. The average Bonchev–Trinajstić information content (AvgIpc) is 3.30. The lowest BCUT2D eigenvalue weighted by atomic mass is 10.1. The minimum Gasteiger partial charge on any atom is -0.389 e. The third-order valence-corrected chi connectivity index (χ3v) is 4.66. The van der Waals surface area contributed by atoms with Crippen LogP contribution < -0.4 is 5.76 Å². The Morgan fingerprint density at radius 2 is 2.19 bits per heavy atom. The summed E-state index contributed by atoms with van der Waals surface area (Å²) in [6, 6.07) is 9.34. The van der Waals surface area contributed by atoms with Gasteiger partial charge in [-0.3, -0.25) is 0 Å². The predicted octanol–water partition coefficient (Wildman–Crippen LogP) is 2.56. The second-order valence-corrected chi connectivity index (χ2v) is 6.92. The van der Waals surface area contributed by atoms with Crippen molar-refractivity contribution in [2.45, 2.75) is 19.4 Å². The van der Waals surface area contributed by atoms with Crippen LogP contribution in [0.5, 0.6) is 0 Å². The first kappa shape index (κ1) is 17.2. The standard InChI is InChI=1S/C19H16N4O3S/c1-23-18(21-19(24)26-23)17(14-5-3-2-4-6-14)22-25-11-15-12-27-16(20-15)10-9-13-7-8-13/h2-6,12-13H,7-8,11H2,1H3/b22-17+. The molecule has 1 aliphatic rings. The maximum absolute atomic E-state index is 11.4. The molecular formula is C19H16N4O3S. The fraction of sp³-hybridized carbons (Fsp3) is 0.263. The largest absolute Gasteiger partial charge is 0.460 e. The number of nitrogens with zero attached hydrogens (tertiary/aromatic N) is 4. The molecule has 3 aromatic rings. The highest BCUT2D eigenvalue weighted by Gasteiger charge is 2.18. The first-order chi connectivity index (χ1) is 13.2. The van der Waals surface area contributed by atoms with E-state index >= 15 is 0 Å². The number of rotatable bonds is 5. The van der Waals surface area contributed by atoms with Gasteiger partial charge < -0.3 is 9.36 Å². The molecule has 1 fully saturated rings. The topological polar surface area (TPSA) is 82.5 Å². The summed E-state index contributed by atoms with van der Waals surface area (Å²) >= 11 is 1.49. The van der Waals surface area contributed by atoms with E-state index < -0.39 is 5.76 Å². The lowest BCUT2D eigenvalue weighted by molar-refractivity contribution is 0.128. The number of hydrogen-bond donors (Lipinski definition) is 0. The van der Waals surface area contributed by atoms with Crippen LogP contribution in [0.4, 0.5) is 0 Å². The zero-order valence-corrected chi connectivity index (χ0v) is 15.4. The molecule has 0 spiro atoms. The number of benzene rings is 1. The average molecular weight is 380 g/mol. The molecule has 136 valence electrons. The predicted molar refractivity (Wildman–Crippen MR) is 100 cm³/mol. The summed E-state index contributed by atoms with van der Waals surface area (Å²) in [5.74, 6) is 6.43. The van der Waals surface area contributed by atoms with Gasteiger partial charge in [0.25, 0.3) is 0 Å². The van der Waals surface area contributed by atoms with Gasteiger partial charge >= 0.3 is 5.76 Å². The zero-order chi connectivity index (χ0) is 18.6. The van der Waals surface area contributed by atoms with Crippen molar-refractivity contribution in [3.63, 3.8) is 0 Å². The van der Waals surface area contributed by atoms with E-state index in [4.69, 9.17) is 9.36 Å². The van der Waals surface area contributed by atoms with Crippen molar-refractivity contribution in [3.8, 4) is 11.8 Å². The van der Waals surface area contributed by atoms with Gasteiger partial charge in [0, 0.05) is 23.9 Å². The van der Waals surface area contributed by atoms with Gasteiger partial charge in [0.2, 0.25) is 0 Å². The highest BCUT2D eigenvalue weighted by Crippen LogP contribution is 2.27. The molecule has 1 saturated carbocycles. The van der Waals surface area contributed by atoms with Crippen LogP contribution in [0.25, 0.3) is 0 Å². The van der Waals surface area contributed by atoms with Crippen LogP contribution >= 0.6 is 11.3 Å². The van der Waals surface area contributed by atoms with Gasteiger partial charge in [0.15, 0.2) is 23.2 Å². The van der Waals surface area contributed by atoms with Gasteiger partial charge in [-0.25, -0.2) is 9.78 Å². The van der Waals surface area contributed by atoms with Crippen LogP contribution in [0, 0.1) is 17.8 Å². The number of oxime groups is 1. The van der Waals surface area contributed by atoms with Crippen molar-refractivity contribution in [2.24, 2.45) is 18.1 Å². The van der Waals surface area contributed by atoms with E-state index in [1.807, 2.05) is 35.7 Å². The number of aryl methyl sites for hydroxylation is 1. The molecule has 4 rings (SSSR count). The smallest absolute Gasteiger partial charge is 0.389 e. The fourth-order valence-electron chi connectivity index (χ4n) is 2.34. The van der Waals surface area contributed by atoms with Crippen molar-refractivity contribution >= 4 is 17.0 Å². The van der Waals surface area contributed by atoms with Crippen LogP contribution in [0.2, 0.25) is 0 Å². The van der Waals surface area contributed by atoms with Crippen molar-refractivity contribution < 1.29 is 9.36 Å². The fourth-order valence-corrected chi connectivity index (χ4v) is 3.00. The van der Waals surface area contributed by atoms with Crippen LogP contribution in [-0.4, -0.2) is 20.4 Å². The number of hydrogen-bond acceptors (Lipinski definition) is 7. The highest BCUT2D eigenvalue weighted by atomic mass is 32.1. The molecule has 0 unspecified atom stereocenters. The summed E-state index contributed by atoms with van der Waals surface area (Å²) in [6.45, 7) is 0.198. The van der Waals surface area contributed by atoms with Crippen molar-refractivity contribution in [2.75, 3.05) is 0 Å². The Kier molecular flexibility index (Phi) is 4.85. The first-order valence-electron chi connectivity index (χ1n) is 8.45. The van der Waals surface area contributed by atoms with Crippen LogP contribution in [0.15, 0.2) is 50.2 Å². The molecule has 2 heterocycles. The summed E-state index contributed by atoms with van der Waals surface area (Å²) in [4.78, 5) is 25.2. The maximum Gasteiger partial charge on any atom is 0.460 e. The number of aromatic nitrogens is 3. The molecule has 0 amide bonds. The Morgan fingerprint density at radius 1 is 1.37 bits per heavy atom. The van der Waals surface area contributed by atoms with E-state index in [9.17, 15) is 4.79 Å². The lowest BCUT2D eigenvalue weighted by Gasteiger charge is -2.05. The summed E-state index contributed by atoms with van der Waals surface area (Å²) < 4.78 is 6.19. The molecule has 0 N–H and O–H groups in total. The second kappa shape index (κ2) is 7.60. The van der Waals surface area contributed by atoms with Crippen LogP contribution in [0.3, 0.4) is 0 Å². The highest BCUT2D eigenvalue weighted by molar-refractivity contribution is 7.10. The van der Waals surface area contributed by atoms with Gasteiger partial charge in [-0.1, -0.05) is 41.4 Å². The van der Waals surface area contributed by atoms with E-state index in [0.29, 0.717) is 17.5 Å². The monoisotopic (exact) mass is 380 g/mol. The van der Waals surface area contributed by atoms with Crippen LogP contribution in [-0.2, 0) is 18.5 Å². The second-order valence-electron chi connectivity index (χ2n) is 6.06. The SMILES string of the molecule is Cn1oc(=O)nc1/C(=N/OCc1csc(C#CC2CC2)n1)c1ccccc1. The minimum absolute atomic E-state index is 0.198. The van der Waals surface area contributed by atoms with E-state index in [1.165, 1.54) is 28.9 Å². The maximum atomic E-state index is 11.4. The molecule has 0 radical (unpaired) electrons. The van der Waals surface area contributed by atoms with Gasteiger partial charge in [0.05, 0.1) is 5.69 Å². The van der Waals surface area contributed by atoms with E-state index in [-0.39, 0.29) is 6.61 Å². The Hall–Kier alpha value is -3.18. The first-order valence-corrected chi connectivity index (χ1v) is 9.33. The lowest BCUT2D eigenvalue weighted by Crippen LogP contribution is -2.11. The van der Waals surface area contributed by atoms with Crippen molar-refractivity contribution in [1.82, 2.24) is 14.7 Å². The molecule has 27 heavy (non-hydrogen) atoms. The van der Waals surface area contributed by atoms with E-state index in [1.54, 1.807) is 7.05 Å². The Balaban J connectivity index is 1.52. The third kappa shape index (κ3) is 4.33. The molecule has 0 saturated heterocycles. The Bertz CT molecular complexity index is 1080. The summed E-state index contributed by atoms with van der Waals surface area (Å²) in [7, 11) is 1.59. The molecular weight excluding hydrogens is 364 g/mol. The zero-order valence-electron chi connectivity index (χ0n) is 14.6. The molecule has 1 aromatic carbocycles. The normalized spacial score (nSPS) is 13.9. The molecule has 2 aromatic heterocycles. The molecule has 0 bridgehead atoms. The quantitative estimate of drug-likeness (QED) is 0.386. The van der Waals surface area contributed by atoms with Crippen molar-refractivity contribution in [1.29, 1.82) is 0 Å². The van der Waals surface area contributed by atoms with Gasteiger partial charge in [-0.2, -0.15) is 9.72 Å². The molecule has 1 aliphatic carbocycles. The Labute approximate surface area is 159 Å². The number of thiazole rings is 1. The minimum atomic E-state index is -0.686.